The number of nitrogens with one attached hydrogen (secondary N) is 2. The molecule has 202 valence electrons. The average molecular weight is 522 g/mol. The topological polar surface area (TPSA) is 131 Å². The zero-order valence-electron chi connectivity index (χ0n) is 21.3. The van der Waals surface area contributed by atoms with E-state index in [1.807, 2.05) is 30.3 Å². The summed E-state index contributed by atoms with van der Waals surface area (Å²) in [5, 5.41) is 26.2. The second-order valence-corrected chi connectivity index (χ2v) is 10.1. The summed E-state index contributed by atoms with van der Waals surface area (Å²) in [6.45, 7) is 0.643. The van der Waals surface area contributed by atoms with Crippen molar-refractivity contribution < 1.29 is 24.4 Å². The highest BCUT2D eigenvalue weighted by Gasteiger charge is 2.48. The zero-order chi connectivity index (χ0) is 26.9. The molecular weight excluding hydrogens is 486 g/mol. The van der Waals surface area contributed by atoms with Gasteiger partial charge in [-0.25, -0.2) is 0 Å². The number of amides is 1. The van der Waals surface area contributed by atoms with Crippen LogP contribution < -0.4 is 10.6 Å². The number of aliphatic carboxylic acids is 1. The first-order valence-electron chi connectivity index (χ1n) is 13.3. The van der Waals surface area contributed by atoms with Crippen molar-refractivity contribution in [3.8, 4) is 0 Å². The summed E-state index contributed by atoms with van der Waals surface area (Å²) < 4.78 is 6.24. The molecule has 9 heteroatoms. The van der Waals surface area contributed by atoms with Gasteiger partial charge in [0.1, 0.15) is 0 Å². The summed E-state index contributed by atoms with van der Waals surface area (Å²) >= 11 is 0. The number of fused-ring (bicyclic) bond motifs is 2. The average Bonchev–Trinajstić information content (AvgIpc) is 3.51. The monoisotopic (exact) mass is 521 g/mol. The predicted molar refractivity (Wildman–Crippen MR) is 144 cm³/mol. The molecule has 2 aromatic rings. The Hall–Kier alpha value is -3.56. The molecule has 2 bridgehead atoms. The Morgan fingerprint density at radius 2 is 1.76 bits per heavy atom. The number of nitro benzene ring substituents is 1. The van der Waals surface area contributed by atoms with E-state index in [0.29, 0.717) is 31.0 Å². The lowest BCUT2D eigenvalue weighted by atomic mass is 9.77. The highest BCUT2D eigenvalue weighted by atomic mass is 16.6. The molecule has 2 aliphatic rings. The van der Waals surface area contributed by atoms with E-state index >= 15 is 0 Å². The van der Waals surface area contributed by atoms with Crippen LogP contribution in [0, 0.1) is 22.0 Å². The van der Waals surface area contributed by atoms with Crippen molar-refractivity contribution in [2.45, 2.75) is 63.2 Å². The van der Waals surface area contributed by atoms with Gasteiger partial charge >= 0.3 is 5.97 Å². The lowest BCUT2D eigenvalue weighted by Gasteiger charge is -2.29. The van der Waals surface area contributed by atoms with Crippen LogP contribution in [0.15, 0.2) is 66.7 Å². The molecule has 0 aliphatic carbocycles. The summed E-state index contributed by atoms with van der Waals surface area (Å²) in [5.74, 6) is -0.328. The molecule has 2 aliphatic heterocycles. The van der Waals surface area contributed by atoms with Gasteiger partial charge in [-0.1, -0.05) is 42.5 Å². The minimum Gasteiger partial charge on any atom is -0.481 e. The zero-order valence-corrected chi connectivity index (χ0v) is 21.3. The van der Waals surface area contributed by atoms with Crippen molar-refractivity contribution in [2.75, 3.05) is 11.9 Å². The van der Waals surface area contributed by atoms with Crippen molar-refractivity contribution in [2.24, 2.45) is 11.8 Å². The molecule has 4 rings (SSSR count). The molecule has 3 N–H and O–H groups in total. The van der Waals surface area contributed by atoms with E-state index in [2.05, 4.69) is 22.8 Å². The van der Waals surface area contributed by atoms with Crippen molar-refractivity contribution in [1.29, 1.82) is 0 Å². The van der Waals surface area contributed by atoms with E-state index in [-0.39, 0.29) is 36.1 Å². The molecule has 0 spiro atoms. The van der Waals surface area contributed by atoms with Crippen LogP contribution in [-0.2, 0) is 20.7 Å². The van der Waals surface area contributed by atoms with Crippen molar-refractivity contribution in [3.05, 3.63) is 82.4 Å². The number of ether oxygens (including phenoxy) is 1. The van der Waals surface area contributed by atoms with Crippen LogP contribution >= 0.6 is 0 Å². The molecule has 0 saturated carbocycles. The number of non-ortho nitro benzene ring substituents is 1. The lowest BCUT2D eigenvalue weighted by molar-refractivity contribution is -0.384. The number of allylic oxidation sites excluding steroid dienone is 2. The third-order valence-corrected chi connectivity index (χ3v) is 7.47. The number of rotatable bonds is 14. The van der Waals surface area contributed by atoms with Gasteiger partial charge in [0.05, 0.1) is 23.2 Å². The normalized spacial score (nSPS) is 22.9. The van der Waals surface area contributed by atoms with E-state index in [1.54, 1.807) is 0 Å². The molecule has 2 fully saturated rings. The molecule has 2 heterocycles. The summed E-state index contributed by atoms with van der Waals surface area (Å²) in [6.07, 6.45) is 9.62. The number of unbranched alkanes of at least 4 members (excludes halogenated alkanes) is 1. The lowest BCUT2D eigenvalue weighted by Crippen LogP contribution is -2.46. The quantitative estimate of drug-likeness (QED) is 0.142. The minimum absolute atomic E-state index is 0.0276. The Morgan fingerprint density at radius 3 is 2.45 bits per heavy atom. The SMILES string of the molecule is O=C(O)CCC/C=C\C[C@@H]1[C@H](CNC(Cc2ccccc2)C(=O)Nc2ccc([N+](=O)[O-])cc2)[C@@H]2CC[C@H]1O2. The number of anilines is 1. The number of hydrogen-bond donors (Lipinski definition) is 3. The molecule has 38 heavy (non-hydrogen) atoms. The molecule has 5 atom stereocenters. The fourth-order valence-corrected chi connectivity index (χ4v) is 5.50. The Bertz CT molecular complexity index is 1120. The standard InChI is InChI=1S/C29H35N3O6/c33-28(34)11-7-2-1-6-10-23-24(27-17-16-26(23)38-27)19-30-25(18-20-8-4-3-5-9-20)29(35)31-21-12-14-22(15-13-21)32(36)37/h1,3-6,8-9,12-15,23-27,30H,2,7,10-11,16-19H2,(H,31,35)(H,33,34)/b6-1-/t23-,24+,25?,26-,27+/m1/s1. The second-order valence-electron chi connectivity index (χ2n) is 10.1. The predicted octanol–water partition coefficient (Wildman–Crippen LogP) is 4.73. The highest BCUT2D eigenvalue weighted by molar-refractivity contribution is 5.95. The van der Waals surface area contributed by atoms with Gasteiger partial charge in [0, 0.05) is 36.7 Å². The van der Waals surface area contributed by atoms with Crippen LogP contribution in [0.5, 0.6) is 0 Å². The van der Waals surface area contributed by atoms with Crippen molar-refractivity contribution in [1.82, 2.24) is 5.32 Å². The summed E-state index contributed by atoms with van der Waals surface area (Å²) in [7, 11) is 0. The van der Waals surface area contributed by atoms with Gasteiger partial charge in [-0.3, -0.25) is 19.7 Å². The summed E-state index contributed by atoms with van der Waals surface area (Å²) in [5.41, 5.74) is 1.52. The van der Waals surface area contributed by atoms with E-state index in [4.69, 9.17) is 9.84 Å². The van der Waals surface area contributed by atoms with Gasteiger partial charge in [-0.15, -0.1) is 0 Å². The number of carbonyl (C=O) groups excluding carboxylic acids is 1. The summed E-state index contributed by atoms with van der Waals surface area (Å²) in [6, 6.07) is 15.2. The van der Waals surface area contributed by atoms with Gasteiger partial charge in [-0.05, 0) is 62.1 Å². The molecule has 2 aromatic carbocycles. The highest BCUT2D eigenvalue weighted by Crippen LogP contribution is 2.45. The largest absolute Gasteiger partial charge is 0.481 e. The number of carboxylic acid groups (broad SMARTS) is 1. The van der Waals surface area contributed by atoms with Gasteiger partial charge in [0.2, 0.25) is 5.91 Å². The van der Waals surface area contributed by atoms with E-state index < -0.39 is 16.9 Å². The number of nitro groups is 1. The van der Waals surface area contributed by atoms with Crippen LogP contribution in [0.25, 0.3) is 0 Å². The van der Waals surface area contributed by atoms with Crippen LogP contribution in [0.1, 0.15) is 44.1 Å². The molecule has 0 aromatic heterocycles. The van der Waals surface area contributed by atoms with Gasteiger partial charge in [0.15, 0.2) is 0 Å². The van der Waals surface area contributed by atoms with Gasteiger partial charge in [0.25, 0.3) is 5.69 Å². The van der Waals surface area contributed by atoms with E-state index in [9.17, 15) is 19.7 Å². The number of hydrogen-bond acceptors (Lipinski definition) is 6. The number of benzene rings is 2. The van der Waals surface area contributed by atoms with Gasteiger partial charge < -0.3 is 20.5 Å². The van der Waals surface area contributed by atoms with Gasteiger partial charge in [-0.2, -0.15) is 0 Å². The Morgan fingerprint density at radius 1 is 1.05 bits per heavy atom. The smallest absolute Gasteiger partial charge is 0.303 e. The molecular formula is C29H35N3O6. The fraction of sp³-hybridized carbons (Fsp3) is 0.448. The maximum Gasteiger partial charge on any atom is 0.303 e. The first-order chi connectivity index (χ1) is 18.4. The summed E-state index contributed by atoms with van der Waals surface area (Å²) in [4.78, 5) is 34.5. The molecule has 1 unspecified atom stereocenters. The van der Waals surface area contributed by atoms with Crippen LogP contribution in [-0.4, -0.2) is 46.7 Å². The molecule has 0 radical (unpaired) electrons. The van der Waals surface area contributed by atoms with Crippen LogP contribution in [0.3, 0.4) is 0 Å². The Kier molecular flexibility index (Phi) is 9.62. The maximum absolute atomic E-state index is 13.3. The molecule has 2 saturated heterocycles. The fourth-order valence-electron chi connectivity index (χ4n) is 5.50. The number of carboxylic acids is 1. The number of nitrogens with zero attached hydrogens (tertiary/aromatic N) is 1. The van der Waals surface area contributed by atoms with Crippen molar-refractivity contribution >= 4 is 23.3 Å². The first-order valence-corrected chi connectivity index (χ1v) is 13.3. The van der Waals surface area contributed by atoms with E-state index in [1.165, 1.54) is 24.3 Å². The molecule has 9 nitrogen and oxygen atoms in total. The van der Waals surface area contributed by atoms with Crippen molar-refractivity contribution in [3.63, 3.8) is 0 Å². The third kappa shape index (κ3) is 7.49. The number of carbonyl (C=O) groups is 2. The minimum atomic E-state index is -0.770. The van der Waals surface area contributed by atoms with Crippen LogP contribution in [0.2, 0.25) is 0 Å². The Labute approximate surface area is 222 Å². The third-order valence-electron chi connectivity index (χ3n) is 7.47. The first kappa shape index (κ1) is 27.5. The van der Waals surface area contributed by atoms with Crippen LogP contribution in [0.4, 0.5) is 11.4 Å². The van der Waals surface area contributed by atoms with E-state index in [0.717, 1.165) is 31.2 Å². The Balaban J connectivity index is 1.39. The second kappa shape index (κ2) is 13.3. The molecule has 1 amide bonds. The maximum atomic E-state index is 13.3.